The molecule has 0 saturated heterocycles. The Bertz CT molecular complexity index is 1080. The highest BCUT2D eigenvalue weighted by Crippen LogP contribution is 2.29. The summed E-state index contributed by atoms with van der Waals surface area (Å²) >= 11 is 0. The molecule has 0 radical (unpaired) electrons. The average molecular weight is 402 g/mol. The summed E-state index contributed by atoms with van der Waals surface area (Å²) in [5.74, 6) is -0.317. The van der Waals surface area contributed by atoms with Crippen LogP contribution >= 0.6 is 0 Å². The van der Waals surface area contributed by atoms with Crippen LogP contribution in [0, 0.1) is 0 Å². The van der Waals surface area contributed by atoms with E-state index in [1.54, 1.807) is 6.07 Å². The summed E-state index contributed by atoms with van der Waals surface area (Å²) in [6, 6.07) is 21.8. The molecule has 1 atom stereocenters. The quantitative estimate of drug-likeness (QED) is 0.660. The maximum absolute atomic E-state index is 12.8. The molecule has 0 aliphatic heterocycles. The molecule has 0 bridgehead atoms. The van der Waals surface area contributed by atoms with Gasteiger partial charge in [-0.15, -0.1) is 0 Å². The topological polar surface area (TPSA) is 65.2 Å². The largest absolute Gasteiger partial charge is 0.345 e. The van der Waals surface area contributed by atoms with Crippen molar-refractivity contribution in [1.82, 2.24) is 15.2 Å². The van der Waals surface area contributed by atoms with Gasteiger partial charge in [-0.3, -0.25) is 14.5 Å². The molecule has 1 heterocycles. The van der Waals surface area contributed by atoms with Crippen molar-refractivity contribution in [1.29, 1.82) is 0 Å². The number of nitrogens with zero attached hydrogens (tertiary/aromatic N) is 1. The summed E-state index contributed by atoms with van der Waals surface area (Å²) in [6.07, 6.45) is 2.96. The standard InChI is InChI=1S/C25H27N3O2/c1-28(16-18-8-3-2-4-9-18)17-20-14-15-22(24(29)26-20)25(30)27-23-13-7-11-19-10-5-6-12-21(19)23/h2-6,8-10,12,14-15,23H,7,11,13,16-17H2,1H3,(H,26,29)(H,27,30)/t23-/m1/s1. The van der Waals surface area contributed by atoms with Gasteiger partial charge in [0.2, 0.25) is 0 Å². The van der Waals surface area contributed by atoms with Crippen LogP contribution in [0.2, 0.25) is 0 Å². The van der Waals surface area contributed by atoms with E-state index in [0.29, 0.717) is 6.54 Å². The number of carbonyl (C=O) groups is 1. The molecule has 5 nitrogen and oxygen atoms in total. The van der Waals surface area contributed by atoms with E-state index < -0.39 is 0 Å². The molecule has 2 N–H and O–H groups in total. The molecule has 1 aliphatic rings. The number of fused-ring (bicyclic) bond motifs is 1. The van der Waals surface area contributed by atoms with E-state index in [2.05, 4.69) is 39.5 Å². The number of rotatable bonds is 6. The second-order valence-electron chi connectivity index (χ2n) is 8.00. The van der Waals surface area contributed by atoms with Crippen LogP contribution in [0.15, 0.2) is 71.5 Å². The van der Waals surface area contributed by atoms with Crippen LogP contribution in [-0.2, 0) is 19.5 Å². The van der Waals surface area contributed by atoms with Gasteiger partial charge in [0.15, 0.2) is 0 Å². The summed E-state index contributed by atoms with van der Waals surface area (Å²) in [4.78, 5) is 30.3. The highest BCUT2D eigenvalue weighted by Gasteiger charge is 2.23. The minimum atomic E-state index is -0.345. The molecule has 1 amide bonds. The third-order valence-corrected chi connectivity index (χ3v) is 5.62. The maximum atomic E-state index is 12.8. The summed E-state index contributed by atoms with van der Waals surface area (Å²) in [5.41, 5.74) is 4.26. The van der Waals surface area contributed by atoms with Crippen molar-refractivity contribution in [2.45, 2.75) is 38.4 Å². The smallest absolute Gasteiger partial charge is 0.261 e. The summed E-state index contributed by atoms with van der Waals surface area (Å²) in [5, 5.41) is 3.06. The zero-order valence-corrected chi connectivity index (χ0v) is 17.2. The van der Waals surface area contributed by atoms with Gasteiger partial charge >= 0.3 is 0 Å². The average Bonchev–Trinajstić information content (AvgIpc) is 2.74. The number of pyridine rings is 1. The molecule has 2 aromatic carbocycles. The molecular formula is C25H27N3O2. The molecule has 1 aromatic heterocycles. The zero-order chi connectivity index (χ0) is 20.9. The normalized spacial score (nSPS) is 15.6. The van der Waals surface area contributed by atoms with Crippen LogP contribution in [0.1, 0.15) is 51.6 Å². The Hall–Kier alpha value is -3.18. The van der Waals surface area contributed by atoms with Crippen molar-refractivity contribution < 1.29 is 4.79 Å². The van der Waals surface area contributed by atoms with Gasteiger partial charge in [-0.2, -0.15) is 0 Å². The molecular weight excluding hydrogens is 374 g/mol. The van der Waals surface area contributed by atoms with Gasteiger partial charge in [0.05, 0.1) is 6.04 Å². The second-order valence-corrected chi connectivity index (χ2v) is 8.00. The Morgan fingerprint density at radius 1 is 1.03 bits per heavy atom. The van der Waals surface area contributed by atoms with Crippen molar-refractivity contribution in [2.24, 2.45) is 0 Å². The number of H-pyrrole nitrogens is 1. The first kappa shape index (κ1) is 20.1. The van der Waals surface area contributed by atoms with Crippen LogP contribution in [0.4, 0.5) is 0 Å². The third-order valence-electron chi connectivity index (χ3n) is 5.62. The molecule has 4 rings (SSSR count). The Morgan fingerprint density at radius 3 is 2.60 bits per heavy atom. The number of aromatic amines is 1. The first-order valence-electron chi connectivity index (χ1n) is 10.4. The van der Waals surface area contributed by atoms with Gasteiger partial charge in [0, 0.05) is 18.8 Å². The van der Waals surface area contributed by atoms with E-state index >= 15 is 0 Å². The molecule has 0 unspecified atom stereocenters. The Kier molecular flexibility index (Phi) is 6.10. The first-order valence-corrected chi connectivity index (χ1v) is 10.4. The molecule has 30 heavy (non-hydrogen) atoms. The number of amides is 1. The van der Waals surface area contributed by atoms with E-state index in [1.807, 2.05) is 43.4 Å². The lowest BCUT2D eigenvalue weighted by molar-refractivity contribution is 0.0931. The van der Waals surface area contributed by atoms with E-state index in [4.69, 9.17) is 0 Å². The fourth-order valence-electron chi connectivity index (χ4n) is 4.17. The molecule has 0 saturated carbocycles. The number of benzene rings is 2. The van der Waals surface area contributed by atoms with Crippen LogP contribution in [-0.4, -0.2) is 22.8 Å². The van der Waals surface area contributed by atoms with Gasteiger partial charge in [-0.1, -0.05) is 54.6 Å². The number of aryl methyl sites for hydroxylation is 1. The highest BCUT2D eigenvalue weighted by molar-refractivity contribution is 5.94. The van der Waals surface area contributed by atoms with Crippen LogP contribution in [0.3, 0.4) is 0 Å². The van der Waals surface area contributed by atoms with Crippen LogP contribution in [0.5, 0.6) is 0 Å². The van der Waals surface area contributed by atoms with Gasteiger partial charge in [-0.25, -0.2) is 0 Å². The molecule has 3 aromatic rings. The second kappa shape index (κ2) is 9.09. The van der Waals surface area contributed by atoms with Gasteiger partial charge in [-0.05, 0) is 55.1 Å². The molecule has 0 fully saturated rings. The van der Waals surface area contributed by atoms with Gasteiger partial charge in [0.25, 0.3) is 11.5 Å². The highest BCUT2D eigenvalue weighted by atomic mass is 16.2. The number of nitrogens with one attached hydrogen (secondary N) is 2. The lowest BCUT2D eigenvalue weighted by Crippen LogP contribution is -2.34. The number of hydrogen-bond acceptors (Lipinski definition) is 3. The molecule has 1 aliphatic carbocycles. The van der Waals surface area contributed by atoms with Crippen molar-refractivity contribution >= 4 is 5.91 Å². The monoisotopic (exact) mass is 401 g/mol. The Balaban J connectivity index is 1.42. The SMILES string of the molecule is CN(Cc1ccccc1)Cc1ccc(C(=O)N[C@@H]2CCCc3ccccc32)c(=O)[nH]1. The van der Waals surface area contributed by atoms with Crippen molar-refractivity contribution in [3.05, 3.63) is 105 Å². The van der Waals surface area contributed by atoms with Crippen molar-refractivity contribution in [3.63, 3.8) is 0 Å². The summed E-state index contributed by atoms with van der Waals surface area (Å²) in [6.45, 7) is 1.38. The molecule has 154 valence electrons. The maximum Gasteiger partial charge on any atom is 0.261 e. The van der Waals surface area contributed by atoms with E-state index in [1.165, 1.54) is 11.1 Å². The van der Waals surface area contributed by atoms with Gasteiger partial charge in [0.1, 0.15) is 5.56 Å². The van der Waals surface area contributed by atoms with E-state index in [0.717, 1.165) is 37.1 Å². The van der Waals surface area contributed by atoms with Crippen LogP contribution < -0.4 is 10.9 Å². The zero-order valence-electron chi connectivity index (χ0n) is 17.2. The predicted molar refractivity (Wildman–Crippen MR) is 118 cm³/mol. The number of aromatic nitrogens is 1. The van der Waals surface area contributed by atoms with Crippen molar-refractivity contribution in [2.75, 3.05) is 7.05 Å². The molecule has 5 heteroatoms. The summed E-state index contributed by atoms with van der Waals surface area (Å²) < 4.78 is 0. The van der Waals surface area contributed by atoms with Crippen LogP contribution in [0.25, 0.3) is 0 Å². The minimum Gasteiger partial charge on any atom is -0.345 e. The third kappa shape index (κ3) is 4.69. The van der Waals surface area contributed by atoms with Gasteiger partial charge < -0.3 is 10.3 Å². The first-order chi connectivity index (χ1) is 14.6. The lowest BCUT2D eigenvalue weighted by atomic mass is 9.87. The summed E-state index contributed by atoms with van der Waals surface area (Å²) in [7, 11) is 2.01. The fraction of sp³-hybridized carbons (Fsp3) is 0.280. The lowest BCUT2D eigenvalue weighted by Gasteiger charge is -2.26. The number of carbonyl (C=O) groups excluding carboxylic acids is 1. The minimum absolute atomic E-state index is 0.0430. The predicted octanol–water partition coefficient (Wildman–Crippen LogP) is 3.81. The molecule has 0 spiro atoms. The Morgan fingerprint density at radius 2 is 1.80 bits per heavy atom. The number of hydrogen-bond donors (Lipinski definition) is 2. The van der Waals surface area contributed by atoms with Crippen molar-refractivity contribution in [3.8, 4) is 0 Å². The Labute approximate surface area is 176 Å². The fourth-order valence-corrected chi connectivity index (χ4v) is 4.17. The van der Waals surface area contributed by atoms with E-state index in [-0.39, 0.29) is 23.1 Å². The van der Waals surface area contributed by atoms with E-state index in [9.17, 15) is 9.59 Å².